The molecule has 10 atom stereocenters. The number of aliphatic hydroxyl groups excluding tert-OH is 3. The van der Waals surface area contributed by atoms with Gasteiger partial charge < -0.3 is 39.4 Å². The molecule has 5 rings (SSSR count). The van der Waals surface area contributed by atoms with Crippen molar-refractivity contribution in [3.05, 3.63) is 47.0 Å². The van der Waals surface area contributed by atoms with Crippen LogP contribution in [0, 0.1) is 16.7 Å². The van der Waals surface area contributed by atoms with Crippen LogP contribution in [-0.2, 0) is 28.5 Å². The molecule has 1 aromatic rings. The van der Waals surface area contributed by atoms with E-state index in [0.717, 1.165) is 0 Å². The second-order valence-electron chi connectivity index (χ2n) is 13.0. The summed E-state index contributed by atoms with van der Waals surface area (Å²) >= 11 is 0. The number of aliphatic hydroxyl groups is 4. The van der Waals surface area contributed by atoms with Crippen molar-refractivity contribution < 1.29 is 53.8 Å². The highest BCUT2D eigenvalue weighted by molar-refractivity contribution is 5.89. The van der Waals surface area contributed by atoms with Crippen LogP contribution in [0.1, 0.15) is 64.7 Å². The molecule has 1 heterocycles. The molecular weight excluding hydrogens is 548 g/mol. The summed E-state index contributed by atoms with van der Waals surface area (Å²) in [7, 11) is 0. The van der Waals surface area contributed by atoms with Crippen molar-refractivity contribution >= 4 is 17.9 Å². The first-order valence-corrected chi connectivity index (χ1v) is 14.2. The SMILES string of the molecule is CC(=O)OC1CC2OC[C@@]2(OC(C)=O)[C@H]2C(OC(=O)c3ccccc3)[C@]3(O)CC(O)C(C)=C(C(O)C(O)[C@]12C)C3(C)C. The normalized spacial score (nSPS) is 42.1. The zero-order valence-corrected chi connectivity index (χ0v) is 24.7. The van der Waals surface area contributed by atoms with Crippen LogP contribution in [-0.4, -0.2) is 92.8 Å². The Labute approximate surface area is 244 Å². The molecule has 230 valence electrons. The molecule has 11 heteroatoms. The van der Waals surface area contributed by atoms with Gasteiger partial charge in [-0.3, -0.25) is 9.59 Å². The van der Waals surface area contributed by atoms with Crippen LogP contribution >= 0.6 is 0 Å². The van der Waals surface area contributed by atoms with E-state index in [1.54, 1.807) is 58.0 Å². The molecule has 2 bridgehead atoms. The molecule has 42 heavy (non-hydrogen) atoms. The maximum absolute atomic E-state index is 13.7. The van der Waals surface area contributed by atoms with Crippen molar-refractivity contribution in [2.75, 3.05) is 6.61 Å². The lowest BCUT2D eigenvalue weighted by Gasteiger charge is -2.69. The summed E-state index contributed by atoms with van der Waals surface area (Å²) in [6.07, 6.45) is -8.36. The van der Waals surface area contributed by atoms with Crippen molar-refractivity contribution in [1.82, 2.24) is 0 Å². The van der Waals surface area contributed by atoms with Crippen LogP contribution < -0.4 is 0 Å². The maximum Gasteiger partial charge on any atom is 0.338 e. The average molecular weight is 589 g/mol. The number of esters is 3. The zero-order chi connectivity index (χ0) is 31.0. The summed E-state index contributed by atoms with van der Waals surface area (Å²) in [6.45, 7) is 8.76. The van der Waals surface area contributed by atoms with Crippen LogP contribution in [0.4, 0.5) is 0 Å². The topological polar surface area (TPSA) is 169 Å². The third-order valence-corrected chi connectivity index (χ3v) is 10.4. The molecule has 0 aromatic heterocycles. The fourth-order valence-electron chi connectivity index (χ4n) is 8.24. The maximum atomic E-state index is 13.7. The Hall–Kier alpha value is -2.83. The molecule has 2 saturated carbocycles. The van der Waals surface area contributed by atoms with E-state index < -0.39 is 82.5 Å². The molecule has 11 nitrogen and oxygen atoms in total. The lowest BCUT2D eigenvalue weighted by Crippen LogP contribution is -2.82. The number of hydrogen-bond donors (Lipinski definition) is 4. The number of hydrogen-bond acceptors (Lipinski definition) is 11. The Bertz CT molecular complexity index is 1310. The Morgan fingerprint density at radius 3 is 2.17 bits per heavy atom. The number of fused-ring (bicyclic) bond motifs is 5. The first-order valence-electron chi connectivity index (χ1n) is 14.2. The third kappa shape index (κ3) is 4.16. The Morgan fingerprint density at radius 1 is 0.976 bits per heavy atom. The summed E-state index contributed by atoms with van der Waals surface area (Å²) in [5.74, 6) is -3.40. The van der Waals surface area contributed by atoms with Gasteiger partial charge in [0.25, 0.3) is 0 Å². The van der Waals surface area contributed by atoms with Gasteiger partial charge in [-0.15, -0.1) is 0 Å². The summed E-state index contributed by atoms with van der Waals surface area (Å²) in [4.78, 5) is 38.7. The molecule has 3 aliphatic carbocycles. The van der Waals surface area contributed by atoms with Crippen molar-refractivity contribution in [1.29, 1.82) is 0 Å². The highest BCUT2D eigenvalue weighted by atomic mass is 16.6. The second-order valence-corrected chi connectivity index (χ2v) is 13.0. The number of ether oxygens (including phenoxy) is 4. The van der Waals surface area contributed by atoms with Gasteiger partial charge in [0.2, 0.25) is 0 Å². The number of benzene rings is 1. The second kappa shape index (κ2) is 10.1. The molecule has 1 aliphatic heterocycles. The highest BCUT2D eigenvalue weighted by Gasteiger charge is 2.78. The molecule has 3 fully saturated rings. The van der Waals surface area contributed by atoms with Crippen molar-refractivity contribution in [3.63, 3.8) is 0 Å². The molecule has 0 amide bonds. The molecule has 4 aliphatic rings. The van der Waals surface area contributed by atoms with E-state index in [0.29, 0.717) is 5.57 Å². The van der Waals surface area contributed by atoms with E-state index >= 15 is 0 Å². The van der Waals surface area contributed by atoms with Gasteiger partial charge >= 0.3 is 17.9 Å². The van der Waals surface area contributed by atoms with Crippen molar-refractivity contribution in [2.45, 2.75) is 102 Å². The van der Waals surface area contributed by atoms with Crippen LogP contribution in [0.3, 0.4) is 0 Å². The summed E-state index contributed by atoms with van der Waals surface area (Å²) in [6, 6.07) is 8.12. The molecule has 6 unspecified atom stereocenters. The van der Waals surface area contributed by atoms with Crippen LogP contribution in [0.15, 0.2) is 41.5 Å². The Kier molecular flexibility index (Phi) is 7.38. The summed E-state index contributed by atoms with van der Waals surface area (Å²) in [5, 5.41) is 48.0. The Balaban J connectivity index is 1.83. The summed E-state index contributed by atoms with van der Waals surface area (Å²) < 4.78 is 23.8. The van der Waals surface area contributed by atoms with E-state index in [9.17, 15) is 34.8 Å². The molecule has 0 spiro atoms. The minimum atomic E-state index is -2.07. The number of rotatable bonds is 4. The largest absolute Gasteiger partial charge is 0.462 e. The van der Waals surface area contributed by atoms with Crippen molar-refractivity contribution in [3.8, 4) is 0 Å². The van der Waals surface area contributed by atoms with Gasteiger partial charge in [-0.25, -0.2) is 4.79 Å². The van der Waals surface area contributed by atoms with Gasteiger partial charge in [0, 0.05) is 37.5 Å². The highest BCUT2D eigenvalue weighted by Crippen LogP contribution is 2.65. The van der Waals surface area contributed by atoms with E-state index in [1.165, 1.54) is 13.8 Å². The fourth-order valence-corrected chi connectivity index (χ4v) is 8.24. The van der Waals surface area contributed by atoms with E-state index in [1.807, 2.05) is 0 Å². The third-order valence-electron chi connectivity index (χ3n) is 10.4. The smallest absolute Gasteiger partial charge is 0.338 e. The quantitative estimate of drug-likeness (QED) is 0.228. The van der Waals surface area contributed by atoms with Crippen LogP contribution in [0.2, 0.25) is 0 Å². The van der Waals surface area contributed by atoms with E-state index in [4.69, 9.17) is 18.9 Å². The van der Waals surface area contributed by atoms with Crippen LogP contribution in [0.5, 0.6) is 0 Å². The monoisotopic (exact) mass is 588 g/mol. The fraction of sp³-hybridized carbons (Fsp3) is 0.645. The van der Waals surface area contributed by atoms with Gasteiger partial charge in [-0.05, 0) is 30.2 Å². The average Bonchev–Trinajstić information content (AvgIpc) is 2.90. The summed E-state index contributed by atoms with van der Waals surface area (Å²) in [5.41, 5.74) is -5.89. The first-order chi connectivity index (χ1) is 19.5. The predicted octanol–water partition coefficient (Wildman–Crippen LogP) is 1.44. The lowest BCUT2D eigenvalue weighted by atomic mass is 9.44. The van der Waals surface area contributed by atoms with Gasteiger partial charge in [0.05, 0.1) is 30.3 Å². The molecule has 4 N–H and O–H groups in total. The van der Waals surface area contributed by atoms with Gasteiger partial charge in [-0.2, -0.15) is 0 Å². The molecular formula is C31H40O11. The molecule has 1 saturated heterocycles. The molecule has 0 radical (unpaired) electrons. The van der Waals surface area contributed by atoms with Crippen LogP contribution in [0.25, 0.3) is 0 Å². The lowest BCUT2D eigenvalue weighted by molar-refractivity contribution is -0.365. The van der Waals surface area contributed by atoms with Gasteiger partial charge in [0.1, 0.15) is 30.0 Å². The van der Waals surface area contributed by atoms with Crippen molar-refractivity contribution in [2.24, 2.45) is 16.7 Å². The number of carbonyl (C=O) groups is 3. The molecule has 1 aromatic carbocycles. The number of carbonyl (C=O) groups excluding carboxylic acids is 3. The van der Waals surface area contributed by atoms with E-state index in [-0.39, 0.29) is 30.6 Å². The van der Waals surface area contributed by atoms with E-state index in [2.05, 4.69) is 0 Å². The predicted molar refractivity (Wildman–Crippen MR) is 146 cm³/mol. The minimum absolute atomic E-state index is 0.00542. The zero-order valence-electron chi connectivity index (χ0n) is 24.7. The Morgan fingerprint density at radius 2 is 1.62 bits per heavy atom. The first kappa shape index (κ1) is 30.6. The minimum Gasteiger partial charge on any atom is -0.462 e. The van der Waals surface area contributed by atoms with Gasteiger partial charge in [0.15, 0.2) is 5.60 Å². The van der Waals surface area contributed by atoms with Gasteiger partial charge in [-0.1, -0.05) is 39.0 Å². The standard InChI is InChI=1S/C31H40O11/c1-15-19(34)13-31(38)26(41-27(37)18-10-8-7-9-11-18)24-29(6,25(36)23(35)22(15)28(31,4)5)20(40-16(2)32)12-21-30(24,14-39-21)42-17(3)33/h7-11,19-21,23-26,34-36,38H,12-14H2,1-6H3/t19?,20?,21?,23?,24-,25?,26?,29+,30-,31+/m0/s1.